The SMILES string of the molecule is Oc1ccc(Cl)c2c1N[C@H](c1ccc(Cl)cc1)[C@H]1CC=C[C@H]21. The number of hydrogen-bond donors (Lipinski definition) is 2. The maximum Gasteiger partial charge on any atom is 0.139 e. The normalized spacial score (nSPS) is 25.5. The van der Waals surface area contributed by atoms with Crippen LogP contribution in [0.1, 0.15) is 29.5 Å². The van der Waals surface area contributed by atoms with E-state index >= 15 is 0 Å². The zero-order valence-corrected chi connectivity index (χ0v) is 13.3. The van der Waals surface area contributed by atoms with Crippen molar-refractivity contribution in [2.45, 2.75) is 18.4 Å². The van der Waals surface area contributed by atoms with Crippen LogP contribution in [0.15, 0.2) is 48.6 Å². The third-order valence-electron chi connectivity index (χ3n) is 4.67. The van der Waals surface area contributed by atoms with Gasteiger partial charge in [0.15, 0.2) is 0 Å². The maximum absolute atomic E-state index is 10.2. The molecule has 3 atom stereocenters. The van der Waals surface area contributed by atoms with E-state index in [-0.39, 0.29) is 17.7 Å². The Balaban J connectivity index is 1.84. The number of aromatic hydroxyl groups is 1. The Morgan fingerprint density at radius 2 is 1.82 bits per heavy atom. The molecular formula is C18H15Cl2NO. The molecule has 4 rings (SSSR count). The summed E-state index contributed by atoms with van der Waals surface area (Å²) in [5, 5.41) is 15.2. The first-order valence-electron chi connectivity index (χ1n) is 7.35. The van der Waals surface area contributed by atoms with Crippen LogP contribution in [0.4, 0.5) is 5.69 Å². The Labute approximate surface area is 139 Å². The number of rotatable bonds is 1. The third kappa shape index (κ3) is 2.10. The first-order chi connectivity index (χ1) is 10.6. The fraction of sp³-hybridized carbons (Fsp3) is 0.222. The average Bonchev–Trinajstić information content (AvgIpc) is 3.00. The molecule has 0 amide bonds. The minimum atomic E-state index is 0.133. The number of benzene rings is 2. The molecule has 0 saturated heterocycles. The van der Waals surface area contributed by atoms with E-state index in [9.17, 15) is 5.11 Å². The van der Waals surface area contributed by atoms with E-state index in [0.717, 1.165) is 22.7 Å². The molecule has 0 unspecified atom stereocenters. The standard InChI is InChI=1S/C18H15Cl2NO/c19-11-6-4-10(5-7-11)17-13-3-1-2-12(13)16-14(20)8-9-15(22)18(16)21-17/h1-2,4-9,12-13,17,21-22H,3H2/t12-,13-,17+/m0/s1. The highest BCUT2D eigenvalue weighted by Gasteiger charge is 2.40. The van der Waals surface area contributed by atoms with Crippen molar-refractivity contribution in [1.29, 1.82) is 0 Å². The molecule has 1 aliphatic carbocycles. The second-order valence-corrected chi connectivity index (χ2v) is 6.73. The molecule has 0 aromatic heterocycles. The van der Waals surface area contributed by atoms with E-state index < -0.39 is 0 Å². The van der Waals surface area contributed by atoms with E-state index in [0.29, 0.717) is 10.9 Å². The van der Waals surface area contributed by atoms with Gasteiger partial charge in [0, 0.05) is 21.5 Å². The number of fused-ring (bicyclic) bond motifs is 3. The number of phenolic OH excluding ortho intramolecular Hbond substituents is 1. The molecular weight excluding hydrogens is 317 g/mol. The van der Waals surface area contributed by atoms with Crippen LogP contribution >= 0.6 is 23.2 Å². The summed E-state index contributed by atoms with van der Waals surface area (Å²) in [6.07, 6.45) is 5.41. The molecule has 22 heavy (non-hydrogen) atoms. The quantitative estimate of drug-likeness (QED) is 0.532. The van der Waals surface area contributed by atoms with Gasteiger partial charge in [-0.15, -0.1) is 0 Å². The van der Waals surface area contributed by atoms with Crippen molar-refractivity contribution < 1.29 is 5.11 Å². The largest absolute Gasteiger partial charge is 0.506 e. The Morgan fingerprint density at radius 3 is 2.59 bits per heavy atom. The van der Waals surface area contributed by atoms with Gasteiger partial charge in [-0.05, 0) is 42.2 Å². The minimum Gasteiger partial charge on any atom is -0.506 e. The highest BCUT2D eigenvalue weighted by atomic mass is 35.5. The second kappa shape index (κ2) is 5.22. The molecule has 0 spiro atoms. The van der Waals surface area contributed by atoms with Crippen molar-refractivity contribution >= 4 is 28.9 Å². The van der Waals surface area contributed by atoms with E-state index in [4.69, 9.17) is 23.2 Å². The summed E-state index contributed by atoms with van der Waals surface area (Å²) >= 11 is 12.4. The monoisotopic (exact) mass is 331 g/mol. The van der Waals surface area contributed by atoms with Crippen LogP contribution in [0.2, 0.25) is 10.0 Å². The molecule has 0 radical (unpaired) electrons. The van der Waals surface area contributed by atoms with Gasteiger partial charge in [-0.25, -0.2) is 0 Å². The molecule has 2 aliphatic rings. The zero-order chi connectivity index (χ0) is 15.3. The van der Waals surface area contributed by atoms with E-state index in [1.54, 1.807) is 12.1 Å². The molecule has 1 aliphatic heterocycles. The number of halogens is 2. The molecule has 2 aromatic rings. The number of anilines is 1. The van der Waals surface area contributed by atoms with Gasteiger partial charge in [0.2, 0.25) is 0 Å². The minimum absolute atomic E-state index is 0.133. The lowest BCUT2D eigenvalue weighted by Gasteiger charge is -2.38. The summed E-state index contributed by atoms with van der Waals surface area (Å²) in [6.45, 7) is 0. The Hall–Kier alpha value is -1.64. The van der Waals surface area contributed by atoms with Gasteiger partial charge in [0.1, 0.15) is 5.75 Å². The molecule has 2 N–H and O–H groups in total. The Morgan fingerprint density at radius 1 is 1.05 bits per heavy atom. The fourth-order valence-electron chi connectivity index (χ4n) is 3.65. The first-order valence-corrected chi connectivity index (χ1v) is 8.11. The van der Waals surface area contributed by atoms with Crippen molar-refractivity contribution in [3.63, 3.8) is 0 Å². The summed E-state index contributed by atoms with van der Waals surface area (Å²) in [6, 6.07) is 11.4. The van der Waals surface area contributed by atoms with Crippen LogP contribution in [0, 0.1) is 5.92 Å². The summed E-state index contributed by atoms with van der Waals surface area (Å²) in [5.41, 5.74) is 2.93. The lowest BCUT2D eigenvalue weighted by molar-refractivity contribution is 0.415. The summed E-state index contributed by atoms with van der Waals surface area (Å²) in [7, 11) is 0. The summed E-state index contributed by atoms with van der Waals surface area (Å²) in [5.74, 6) is 0.876. The lowest BCUT2D eigenvalue weighted by Crippen LogP contribution is -2.29. The Bertz CT molecular complexity index is 754. The zero-order valence-electron chi connectivity index (χ0n) is 11.8. The fourth-order valence-corrected chi connectivity index (χ4v) is 4.06. The molecule has 1 heterocycles. The van der Waals surface area contributed by atoms with Crippen LogP contribution in [0.3, 0.4) is 0 Å². The third-order valence-corrected chi connectivity index (χ3v) is 5.26. The number of hydrogen-bond acceptors (Lipinski definition) is 2. The molecule has 2 nitrogen and oxygen atoms in total. The molecule has 112 valence electrons. The first kappa shape index (κ1) is 14.0. The van der Waals surface area contributed by atoms with Crippen molar-refractivity contribution in [2.24, 2.45) is 5.92 Å². The molecule has 4 heteroatoms. The second-order valence-electron chi connectivity index (χ2n) is 5.88. The smallest absolute Gasteiger partial charge is 0.139 e. The van der Waals surface area contributed by atoms with E-state index in [1.165, 1.54) is 5.56 Å². The van der Waals surface area contributed by atoms with Crippen LogP contribution in [0.5, 0.6) is 5.75 Å². The predicted molar refractivity (Wildman–Crippen MR) is 90.9 cm³/mol. The van der Waals surface area contributed by atoms with E-state index in [2.05, 4.69) is 17.5 Å². The molecule has 2 aromatic carbocycles. The number of phenols is 1. The predicted octanol–water partition coefficient (Wildman–Crippen LogP) is 5.53. The highest BCUT2D eigenvalue weighted by Crippen LogP contribution is 2.54. The lowest BCUT2D eigenvalue weighted by atomic mass is 9.77. The van der Waals surface area contributed by atoms with E-state index in [1.807, 2.05) is 24.3 Å². The van der Waals surface area contributed by atoms with Gasteiger partial charge in [0.25, 0.3) is 0 Å². The van der Waals surface area contributed by atoms with Crippen LogP contribution in [-0.4, -0.2) is 5.11 Å². The topological polar surface area (TPSA) is 32.3 Å². The van der Waals surface area contributed by atoms with Crippen LogP contribution < -0.4 is 5.32 Å². The van der Waals surface area contributed by atoms with Gasteiger partial charge in [-0.2, -0.15) is 0 Å². The highest BCUT2D eigenvalue weighted by molar-refractivity contribution is 6.32. The summed E-state index contributed by atoms with van der Waals surface area (Å²) < 4.78 is 0. The van der Waals surface area contributed by atoms with Crippen molar-refractivity contribution in [2.75, 3.05) is 5.32 Å². The Kier molecular flexibility index (Phi) is 3.32. The van der Waals surface area contributed by atoms with Gasteiger partial charge < -0.3 is 10.4 Å². The van der Waals surface area contributed by atoms with Crippen molar-refractivity contribution in [3.8, 4) is 5.75 Å². The number of allylic oxidation sites excluding steroid dienone is 2. The average molecular weight is 332 g/mol. The van der Waals surface area contributed by atoms with Crippen LogP contribution in [0.25, 0.3) is 0 Å². The molecule has 0 bridgehead atoms. The molecule has 0 fully saturated rings. The van der Waals surface area contributed by atoms with Gasteiger partial charge in [-0.1, -0.05) is 47.5 Å². The number of nitrogens with one attached hydrogen (secondary N) is 1. The van der Waals surface area contributed by atoms with Crippen molar-refractivity contribution in [3.05, 3.63) is 69.7 Å². The van der Waals surface area contributed by atoms with Gasteiger partial charge in [-0.3, -0.25) is 0 Å². The van der Waals surface area contributed by atoms with Crippen LogP contribution in [-0.2, 0) is 0 Å². The van der Waals surface area contributed by atoms with Crippen molar-refractivity contribution in [1.82, 2.24) is 0 Å². The summed E-state index contributed by atoms with van der Waals surface area (Å²) in [4.78, 5) is 0. The van der Waals surface area contributed by atoms with Gasteiger partial charge in [0.05, 0.1) is 11.7 Å². The van der Waals surface area contributed by atoms with Gasteiger partial charge >= 0.3 is 0 Å². The maximum atomic E-state index is 10.2. The molecule has 0 saturated carbocycles.